The van der Waals surface area contributed by atoms with Crippen molar-refractivity contribution < 1.29 is 18.6 Å². The highest BCUT2D eigenvalue weighted by molar-refractivity contribution is 5.84. The first-order chi connectivity index (χ1) is 13.0. The highest BCUT2D eigenvalue weighted by Crippen LogP contribution is 2.33. The third-order valence-electron chi connectivity index (χ3n) is 4.15. The molecule has 0 aliphatic heterocycles. The summed E-state index contributed by atoms with van der Waals surface area (Å²) in [5.74, 6) is 1.85. The van der Waals surface area contributed by atoms with Gasteiger partial charge in [0.05, 0.1) is 19.8 Å². The highest BCUT2D eigenvalue weighted by Gasteiger charge is 2.14. The van der Waals surface area contributed by atoms with Gasteiger partial charge in [-0.2, -0.15) is 0 Å². The van der Waals surface area contributed by atoms with Crippen LogP contribution in [0.1, 0.15) is 13.8 Å². The molecule has 0 saturated carbocycles. The largest absolute Gasteiger partial charge is 0.497 e. The van der Waals surface area contributed by atoms with Crippen LogP contribution in [0.25, 0.3) is 22.1 Å². The quantitative estimate of drug-likeness (QED) is 0.462. The lowest BCUT2D eigenvalue weighted by molar-refractivity contribution is 0.361. The Morgan fingerprint density at radius 3 is 2.44 bits per heavy atom. The average Bonchev–Trinajstić information content (AvgIpc) is 2.66. The Labute approximate surface area is 157 Å². The van der Waals surface area contributed by atoms with Gasteiger partial charge in [-0.1, -0.05) is 5.57 Å². The van der Waals surface area contributed by atoms with Crippen LogP contribution in [0.2, 0.25) is 0 Å². The molecule has 0 N–H and O–H groups in total. The van der Waals surface area contributed by atoms with Crippen LogP contribution >= 0.6 is 0 Å². The smallest absolute Gasteiger partial charge is 0.344 e. The molecule has 0 radical (unpaired) electrons. The van der Waals surface area contributed by atoms with Crippen LogP contribution in [0.15, 0.2) is 63.3 Å². The molecule has 27 heavy (non-hydrogen) atoms. The summed E-state index contributed by atoms with van der Waals surface area (Å²) in [6, 6.07) is 12.6. The Kier molecular flexibility index (Phi) is 5.50. The van der Waals surface area contributed by atoms with Crippen molar-refractivity contribution in [1.82, 2.24) is 0 Å². The molecule has 0 aliphatic rings. The molecule has 1 aromatic heterocycles. The summed E-state index contributed by atoms with van der Waals surface area (Å²) in [6.07, 6.45) is 1.99. The molecule has 140 valence electrons. The van der Waals surface area contributed by atoms with E-state index in [1.165, 1.54) is 5.57 Å². The molecular formula is C22H22O5. The number of rotatable bonds is 6. The van der Waals surface area contributed by atoms with Crippen molar-refractivity contribution in [2.75, 3.05) is 20.8 Å². The van der Waals surface area contributed by atoms with Gasteiger partial charge >= 0.3 is 5.63 Å². The van der Waals surface area contributed by atoms with Crippen LogP contribution in [0.4, 0.5) is 0 Å². The second kappa shape index (κ2) is 7.99. The Balaban J connectivity index is 2.00. The van der Waals surface area contributed by atoms with Gasteiger partial charge in [-0.3, -0.25) is 0 Å². The number of allylic oxidation sites excluding steroid dienone is 1. The van der Waals surface area contributed by atoms with Crippen LogP contribution in [-0.2, 0) is 0 Å². The van der Waals surface area contributed by atoms with Gasteiger partial charge in [0.25, 0.3) is 0 Å². The summed E-state index contributed by atoms with van der Waals surface area (Å²) in [4.78, 5) is 12.6. The lowest BCUT2D eigenvalue weighted by Gasteiger charge is -2.10. The molecule has 0 bridgehead atoms. The minimum atomic E-state index is -0.438. The number of hydrogen-bond acceptors (Lipinski definition) is 5. The van der Waals surface area contributed by atoms with E-state index in [-0.39, 0.29) is 0 Å². The van der Waals surface area contributed by atoms with E-state index in [0.29, 0.717) is 40.6 Å². The monoisotopic (exact) mass is 366 g/mol. The summed E-state index contributed by atoms with van der Waals surface area (Å²) in [6.45, 7) is 4.49. The molecule has 5 nitrogen and oxygen atoms in total. The van der Waals surface area contributed by atoms with Crippen LogP contribution in [0.5, 0.6) is 17.2 Å². The van der Waals surface area contributed by atoms with Gasteiger partial charge < -0.3 is 18.6 Å². The first-order valence-corrected chi connectivity index (χ1v) is 8.58. The minimum absolute atomic E-state index is 0.431. The molecule has 5 heteroatoms. The third kappa shape index (κ3) is 4.14. The fourth-order valence-corrected chi connectivity index (χ4v) is 2.69. The molecule has 2 aromatic carbocycles. The molecule has 0 aliphatic carbocycles. The molecule has 3 aromatic rings. The van der Waals surface area contributed by atoms with E-state index in [1.807, 2.05) is 32.1 Å². The third-order valence-corrected chi connectivity index (χ3v) is 4.15. The first-order valence-electron chi connectivity index (χ1n) is 8.58. The maximum atomic E-state index is 12.6. The fourth-order valence-electron chi connectivity index (χ4n) is 2.69. The SMILES string of the molecule is COc1ccc(-c2cc3ccc(OCC=C(C)C)cc3oc2=O)c(OC)c1. The zero-order chi connectivity index (χ0) is 19.4. The van der Waals surface area contributed by atoms with Crippen LogP contribution < -0.4 is 19.8 Å². The number of methoxy groups -OCH3 is 2. The van der Waals surface area contributed by atoms with E-state index in [9.17, 15) is 4.79 Å². The molecule has 0 saturated heterocycles. The van der Waals surface area contributed by atoms with Crippen molar-refractivity contribution in [3.8, 4) is 28.4 Å². The number of benzene rings is 2. The maximum Gasteiger partial charge on any atom is 0.344 e. The van der Waals surface area contributed by atoms with Gasteiger partial charge in [0.1, 0.15) is 29.4 Å². The Hall–Kier alpha value is -3.21. The normalized spacial score (nSPS) is 10.5. The standard InChI is InChI=1S/C22H22O5/c1-14(2)9-10-26-17-6-5-15-11-19(22(23)27-20(15)13-17)18-8-7-16(24-3)12-21(18)25-4/h5-9,11-13H,10H2,1-4H3. The molecule has 0 unspecified atom stereocenters. The van der Waals surface area contributed by atoms with E-state index in [2.05, 4.69) is 0 Å². The number of fused-ring (bicyclic) bond motifs is 1. The van der Waals surface area contributed by atoms with Gasteiger partial charge in [0.2, 0.25) is 0 Å². The summed E-state index contributed by atoms with van der Waals surface area (Å²) < 4.78 is 21.8. The molecule has 0 atom stereocenters. The van der Waals surface area contributed by atoms with E-state index >= 15 is 0 Å². The van der Waals surface area contributed by atoms with Crippen molar-refractivity contribution >= 4 is 11.0 Å². The zero-order valence-electron chi connectivity index (χ0n) is 15.9. The topological polar surface area (TPSA) is 57.9 Å². The predicted octanol–water partition coefficient (Wildman–Crippen LogP) is 4.82. The van der Waals surface area contributed by atoms with E-state index in [4.69, 9.17) is 18.6 Å². The maximum absolute atomic E-state index is 12.6. The Morgan fingerprint density at radius 2 is 1.74 bits per heavy atom. The number of ether oxygens (including phenoxy) is 3. The summed E-state index contributed by atoms with van der Waals surface area (Å²) in [5.41, 5.74) is 2.30. The van der Waals surface area contributed by atoms with Crippen LogP contribution in [0, 0.1) is 0 Å². The van der Waals surface area contributed by atoms with Gasteiger partial charge in [0.15, 0.2) is 0 Å². The first kappa shape index (κ1) is 18.6. The molecule has 0 spiro atoms. The Bertz CT molecular complexity index is 1040. The molecule has 1 heterocycles. The fraction of sp³-hybridized carbons (Fsp3) is 0.227. The molecule has 3 rings (SSSR count). The summed E-state index contributed by atoms with van der Waals surface area (Å²) in [5, 5.41) is 0.803. The highest BCUT2D eigenvalue weighted by atomic mass is 16.5. The van der Waals surface area contributed by atoms with Crippen molar-refractivity contribution in [3.05, 3.63) is 64.5 Å². The van der Waals surface area contributed by atoms with Gasteiger partial charge in [0, 0.05) is 23.1 Å². The van der Waals surface area contributed by atoms with E-state index in [0.717, 1.165) is 5.39 Å². The summed E-state index contributed by atoms with van der Waals surface area (Å²) >= 11 is 0. The molecule has 0 fully saturated rings. The lowest BCUT2D eigenvalue weighted by atomic mass is 10.0. The second-order valence-electron chi connectivity index (χ2n) is 6.31. The van der Waals surface area contributed by atoms with Crippen molar-refractivity contribution in [2.24, 2.45) is 0 Å². The van der Waals surface area contributed by atoms with E-state index < -0.39 is 5.63 Å². The van der Waals surface area contributed by atoms with Gasteiger partial charge in [-0.25, -0.2) is 4.79 Å². The summed E-state index contributed by atoms with van der Waals surface area (Å²) in [7, 11) is 3.13. The Morgan fingerprint density at radius 1 is 0.963 bits per heavy atom. The average molecular weight is 366 g/mol. The van der Waals surface area contributed by atoms with Gasteiger partial charge in [-0.05, 0) is 50.3 Å². The minimum Gasteiger partial charge on any atom is -0.497 e. The second-order valence-corrected chi connectivity index (χ2v) is 6.31. The number of hydrogen-bond donors (Lipinski definition) is 0. The van der Waals surface area contributed by atoms with Gasteiger partial charge in [-0.15, -0.1) is 0 Å². The molecule has 0 amide bonds. The van der Waals surface area contributed by atoms with E-state index in [1.54, 1.807) is 44.6 Å². The predicted molar refractivity (Wildman–Crippen MR) is 106 cm³/mol. The molecular weight excluding hydrogens is 344 g/mol. The van der Waals surface area contributed by atoms with Crippen molar-refractivity contribution in [3.63, 3.8) is 0 Å². The van der Waals surface area contributed by atoms with Crippen molar-refractivity contribution in [2.45, 2.75) is 13.8 Å². The van der Waals surface area contributed by atoms with Crippen molar-refractivity contribution in [1.29, 1.82) is 0 Å². The lowest BCUT2D eigenvalue weighted by Crippen LogP contribution is -2.04. The van der Waals surface area contributed by atoms with Crippen LogP contribution in [0.3, 0.4) is 0 Å². The zero-order valence-corrected chi connectivity index (χ0v) is 15.9. The van der Waals surface area contributed by atoms with Crippen LogP contribution in [-0.4, -0.2) is 20.8 Å².